The Bertz CT molecular complexity index is 1580. The highest BCUT2D eigenvalue weighted by molar-refractivity contribution is 9.17. The predicted molar refractivity (Wildman–Crippen MR) is 246 cm³/mol. The van der Waals surface area contributed by atoms with Crippen molar-refractivity contribution in [1.29, 1.82) is 0 Å². The molecule has 0 spiro atoms. The lowest BCUT2D eigenvalue weighted by Gasteiger charge is -2.17. The number of halogens is 18. The molecule has 4 aromatic rings. The third-order valence-electron chi connectivity index (χ3n) is 5.16. The van der Waals surface area contributed by atoms with Crippen LogP contribution in [0.2, 0.25) is 0 Å². The third-order valence-corrected chi connectivity index (χ3v) is 26.7. The average Bonchev–Trinajstić information content (AvgIpc) is 2.96. The van der Waals surface area contributed by atoms with Crippen LogP contribution in [0.1, 0.15) is 0 Å². The van der Waals surface area contributed by atoms with Crippen LogP contribution in [0, 0.1) is 0 Å². The first-order valence-corrected chi connectivity index (χ1v) is 24.3. The number of hydrogen-bond acceptors (Lipinski definition) is 0. The average molecular weight is 1750 g/mol. The van der Waals surface area contributed by atoms with E-state index in [4.69, 9.17) is 0 Å². The Morgan fingerprint density at radius 2 is 0.419 bits per heavy atom. The summed E-state index contributed by atoms with van der Waals surface area (Å²) in [5, 5.41) is 0. The molecule has 0 aliphatic carbocycles. The number of hydrogen-bond donors (Lipinski definition) is 0. The first kappa shape index (κ1) is 44.6. The minimum atomic E-state index is 0. The fourth-order valence-corrected chi connectivity index (χ4v) is 14.6. The van der Waals surface area contributed by atoms with Gasteiger partial charge < -0.3 is 5.48 Å². The van der Waals surface area contributed by atoms with Crippen molar-refractivity contribution in [2.75, 3.05) is 0 Å². The summed E-state index contributed by atoms with van der Waals surface area (Å²) in [6.45, 7) is 0. The Hall–Kier alpha value is 5.48. The van der Waals surface area contributed by atoms with Gasteiger partial charge in [-0.25, -0.2) is 0 Å². The normalized spacial score (nSPS) is 10.8. The molecule has 0 heterocycles. The SMILES string of the molecule is Brc1cc(-c2c(Br)c(Br)c(Br)c(Br)c2Br)c(Br)c(Br)c1Br.Brc1cc(-c2c(Br)c(Br)c(Br)c(Br)c2Br)c(Br)c(Br)c1Br.O. The van der Waals surface area contributed by atoms with Crippen LogP contribution < -0.4 is 0 Å². The zero-order chi connectivity index (χ0) is 32.1. The Balaban J connectivity index is 0.000000293. The van der Waals surface area contributed by atoms with E-state index in [0.717, 1.165) is 103 Å². The van der Waals surface area contributed by atoms with Crippen molar-refractivity contribution < 1.29 is 5.48 Å². The predicted octanol–water partition coefficient (Wildman–Crippen LogP) is 19.6. The van der Waals surface area contributed by atoms with E-state index in [2.05, 4.69) is 299 Å². The van der Waals surface area contributed by atoms with Gasteiger partial charge in [-0.3, -0.25) is 0 Å². The number of benzene rings is 4. The molecule has 2 N–H and O–H groups in total. The summed E-state index contributed by atoms with van der Waals surface area (Å²) in [5.74, 6) is 0. The molecule has 0 aliphatic heterocycles. The molecule has 1 nitrogen and oxygen atoms in total. The summed E-state index contributed by atoms with van der Waals surface area (Å²) in [7, 11) is 0. The minimum Gasteiger partial charge on any atom is -0.412 e. The van der Waals surface area contributed by atoms with Gasteiger partial charge in [0.25, 0.3) is 0 Å². The van der Waals surface area contributed by atoms with Crippen molar-refractivity contribution >= 4 is 287 Å². The van der Waals surface area contributed by atoms with Crippen molar-refractivity contribution in [3.63, 3.8) is 0 Å². The molecule has 0 aliphatic rings. The molecule has 4 aromatic carbocycles. The summed E-state index contributed by atoms with van der Waals surface area (Å²) in [6, 6.07) is 4.10. The van der Waals surface area contributed by atoms with Gasteiger partial charge >= 0.3 is 0 Å². The molecular weight excluding hydrogens is 1740 g/mol. The molecule has 0 amide bonds. The molecule has 232 valence electrons. The smallest absolute Gasteiger partial charge is 0.0482 e. The zero-order valence-corrected chi connectivity index (χ0v) is 48.0. The van der Waals surface area contributed by atoms with Crippen LogP contribution in [0.3, 0.4) is 0 Å². The summed E-state index contributed by atoms with van der Waals surface area (Å²) in [5.41, 5.74) is 4.12. The van der Waals surface area contributed by atoms with Gasteiger partial charge in [0.2, 0.25) is 0 Å². The molecular formula is C24H4Br18O. The van der Waals surface area contributed by atoms with Crippen molar-refractivity contribution in [3.05, 3.63) is 92.6 Å². The lowest BCUT2D eigenvalue weighted by Crippen LogP contribution is -1.91. The molecule has 43 heavy (non-hydrogen) atoms. The first-order chi connectivity index (χ1) is 19.4. The van der Waals surface area contributed by atoms with Gasteiger partial charge in [-0.15, -0.1) is 0 Å². The fourth-order valence-electron chi connectivity index (χ4n) is 3.19. The molecule has 0 bridgehead atoms. The van der Waals surface area contributed by atoms with Crippen molar-refractivity contribution in [2.45, 2.75) is 0 Å². The van der Waals surface area contributed by atoms with Crippen LogP contribution >= 0.6 is 287 Å². The molecule has 4 rings (SSSR count). The maximum Gasteiger partial charge on any atom is 0.0482 e. The second-order valence-electron chi connectivity index (χ2n) is 7.59. The molecule has 0 saturated carbocycles. The van der Waals surface area contributed by atoms with Crippen LogP contribution in [0.4, 0.5) is 0 Å². The second kappa shape index (κ2) is 19.0. The lowest BCUT2D eigenvalue weighted by atomic mass is 10.1. The summed E-state index contributed by atoms with van der Waals surface area (Å²) in [6.07, 6.45) is 0. The quantitative estimate of drug-likeness (QED) is 0.142. The van der Waals surface area contributed by atoms with Crippen molar-refractivity contribution in [1.82, 2.24) is 0 Å². The van der Waals surface area contributed by atoms with Crippen LogP contribution in [0.15, 0.2) is 92.6 Å². The Morgan fingerprint density at radius 1 is 0.233 bits per heavy atom. The van der Waals surface area contributed by atoms with E-state index in [9.17, 15) is 0 Å². The van der Waals surface area contributed by atoms with Crippen molar-refractivity contribution in [3.8, 4) is 22.3 Å². The zero-order valence-electron chi connectivity index (χ0n) is 19.5. The molecule has 0 unspecified atom stereocenters. The van der Waals surface area contributed by atoms with Gasteiger partial charge in [0, 0.05) is 103 Å². The maximum absolute atomic E-state index is 3.66. The van der Waals surface area contributed by atoms with Gasteiger partial charge in [-0.1, -0.05) is 0 Å². The van der Waals surface area contributed by atoms with Gasteiger partial charge in [0.1, 0.15) is 0 Å². The van der Waals surface area contributed by atoms with E-state index in [0.29, 0.717) is 0 Å². The van der Waals surface area contributed by atoms with Crippen molar-refractivity contribution in [2.24, 2.45) is 0 Å². The third kappa shape index (κ3) is 9.54. The standard InChI is InChI=1S/2C12HBr9.H2O/c2*13-3-1-2(5(14)9(18)6(3)15)4-7(16)10(19)12(21)11(20)8(4)17;/h2*1H;1H2. The Morgan fingerprint density at radius 3 is 0.651 bits per heavy atom. The fraction of sp³-hybridized carbons (Fsp3) is 0. The van der Waals surface area contributed by atoms with E-state index in [1.54, 1.807) is 0 Å². The van der Waals surface area contributed by atoms with E-state index in [1.807, 2.05) is 0 Å². The molecule has 0 atom stereocenters. The molecule has 19 heteroatoms. The summed E-state index contributed by atoms with van der Waals surface area (Å²) >= 11 is 64.9. The Labute approximate surface area is 399 Å². The van der Waals surface area contributed by atoms with E-state index >= 15 is 0 Å². The maximum atomic E-state index is 3.66. The Kier molecular flexibility index (Phi) is 19.7. The van der Waals surface area contributed by atoms with E-state index in [1.165, 1.54) is 0 Å². The molecule has 0 fully saturated rings. The highest BCUT2D eigenvalue weighted by Gasteiger charge is 2.24. The van der Waals surface area contributed by atoms with Gasteiger partial charge in [-0.2, -0.15) is 0 Å². The topological polar surface area (TPSA) is 31.5 Å². The highest BCUT2D eigenvalue weighted by Crippen LogP contribution is 2.54. The molecule has 0 aromatic heterocycles. The molecule has 0 radical (unpaired) electrons. The molecule has 0 saturated heterocycles. The van der Waals surface area contributed by atoms with Gasteiger partial charge in [0.15, 0.2) is 0 Å². The monoisotopic (exact) mass is 1730 g/mol. The summed E-state index contributed by atoms with van der Waals surface area (Å²) in [4.78, 5) is 0. The van der Waals surface area contributed by atoms with Crippen LogP contribution in [0.25, 0.3) is 22.3 Å². The van der Waals surface area contributed by atoms with E-state index in [-0.39, 0.29) is 5.48 Å². The van der Waals surface area contributed by atoms with Gasteiger partial charge in [-0.05, 0) is 299 Å². The van der Waals surface area contributed by atoms with E-state index < -0.39 is 0 Å². The van der Waals surface area contributed by atoms with Gasteiger partial charge in [0.05, 0.1) is 0 Å². The first-order valence-electron chi connectivity index (χ1n) is 10.1. The lowest BCUT2D eigenvalue weighted by molar-refractivity contribution is 0.824. The number of rotatable bonds is 2. The van der Waals surface area contributed by atoms with Crippen LogP contribution in [-0.4, -0.2) is 5.48 Å². The van der Waals surface area contributed by atoms with Crippen LogP contribution in [-0.2, 0) is 0 Å². The second-order valence-corrected chi connectivity index (χ2v) is 22.0. The largest absolute Gasteiger partial charge is 0.412 e. The highest BCUT2D eigenvalue weighted by atomic mass is 79.9. The minimum absolute atomic E-state index is 0. The van der Waals surface area contributed by atoms with Crippen LogP contribution in [0.5, 0.6) is 0 Å². The summed E-state index contributed by atoms with van der Waals surface area (Å²) < 4.78 is 17.1.